The zero-order valence-electron chi connectivity index (χ0n) is 13.0. The number of fused-ring (bicyclic) bond motifs is 1. The molecule has 3 nitrogen and oxygen atoms in total. The van der Waals surface area contributed by atoms with Gasteiger partial charge in [0, 0.05) is 17.0 Å². The number of aryl methyl sites for hydroxylation is 1. The van der Waals surface area contributed by atoms with Crippen LogP contribution in [0.5, 0.6) is 0 Å². The van der Waals surface area contributed by atoms with E-state index in [1.54, 1.807) is 0 Å². The van der Waals surface area contributed by atoms with E-state index in [-0.39, 0.29) is 0 Å². The summed E-state index contributed by atoms with van der Waals surface area (Å²) in [6, 6.07) is 9.23. The first-order valence-corrected chi connectivity index (χ1v) is 8.32. The van der Waals surface area contributed by atoms with Gasteiger partial charge in [0.25, 0.3) is 0 Å². The Balaban J connectivity index is 1.62. The first kappa shape index (κ1) is 14.6. The lowest BCUT2D eigenvalue weighted by atomic mass is 10.0. The van der Waals surface area contributed by atoms with Crippen LogP contribution in [0, 0.1) is 0 Å². The van der Waals surface area contributed by atoms with Crippen LogP contribution in [0.2, 0.25) is 0 Å². The topological polar surface area (TPSA) is 37.2 Å². The van der Waals surface area contributed by atoms with Gasteiger partial charge in [0.1, 0.15) is 11.3 Å². The number of benzene rings is 1. The first-order valence-electron chi connectivity index (χ1n) is 8.32. The molecule has 2 aromatic rings. The van der Waals surface area contributed by atoms with Crippen LogP contribution in [0.15, 0.2) is 28.7 Å². The second-order valence-electron chi connectivity index (χ2n) is 5.97. The Morgan fingerprint density at radius 1 is 1.19 bits per heavy atom. The van der Waals surface area contributed by atoms with E-state index in [0.29, 0.717) is 0 Å². The summed E-state index contributed by atoms with van der Waals surface area (Å²) in [4.78, 5) is 0. The highest BCUT2D eigenvalue weighted by Crippen LogP contribution is 2.27. The third kappa shape index (κ3) is 3.86. The van der Waals surface area contributed by atoms with Crippen molar-refractivity contribution >= 4 is 11.0 Å². The summed E-state index contributed by atoms with van der Waals surface area (Å²) >= 11 is 0. The van der Waals surface area contributed by atoms with Crippen molar-refractivity contribution in [1.82, 2.24) is 10.6 Å². The number of rotatable bonds is 9. The quantitative estimate of drug-likeness (QED) is 0.691. The molecule has 2 N–H and O–H groups in total. The summed E-state index contributed by atoms with van der Waals surface area (Å²) in [7, 11) is 0. The van der Waals surface area contributed by atoms with Gasteiger partial charge in [0.05, 0.1) is 6.54 Å². The predicted molar refractivity (Wildman–Crippen MR) is 87.6 cm³/mol. The summed E-state index contributed by atoms with van der Waals surface area (Å²) in [5, 5.41) is 8.26. The molecule has 0 radical (unpaired) electrons. The van der Waals surface area contributed by atoms with Crippen molar-refractivity contribution in [3.63, 3.8) is 0 Å². The summed E-state index contributed by atoms with van der Waals surface area (Å²) in [5.41, 5.74) is 2.43. The summed E-state index contributed by atoms with van der Waals surface area (Å²) < 4.78 is 6.03. The van der Waals surface area contributed by atoms with Crippen molar-refractivity contribution in [3.05, 3.63) is 35.6 Å². The lowest BCUT2D eigenvalue weighted by Crippen LogP contribution is -2.17. The fourth-order valence-corrected chi connectivity index (χ4v) is 2.83. The Morgan fingerprint density at radius 2 is 2.05 bits per heavy atom. The molecule has 3 heteroatoms. The third-order valence-electron chi connectivity index (χ3n) is 4.18. The molecule has 3 rings (SSSR count). The minimum atomic E-state index is 0.823. The fraction of sp³-hybridized carbons (Fsp3) is 0.556. The van der Waals surface area contributed by atoms with Crippen LogP contribution in [0.3, 0.4) is 0 Å². The molecule has 21 heavy (non-hydrogen) atoms. The van der Waals surface area contributed by atoms with Crippen LogP contribution in [0.1, 0.15) is 43.9 Å². The minimum absolute atomic E-state index is 0.823. The van der Waals surface area contributed by atoms with Gasteiger partial charge in [0.2, 0.25) is 0 Å². The summed E-state index contributed by atoms with van der Waals surface area (Å²) in [6.07, 6.45) is 6.33. The molecule has 0 amide bonds. The normalized spacial score (nSPS) is 14.9. The number of furan rings is 1. The summed E-state index contributed by atoms with van der Waals surface area (Å²) in [6.45, 7) is 5.09. The molecule has 0 atom stereocenters. The minimum Gasteiger partial charge on any atom is -0.459 e. The standard InChI is InChI=1S/C18H26N2O/c1-2-19-13-18-16(8-5-6-12-20-14-10-11-14)15-7-3-4-9-17(15)21-18/h3-4,7,9,14,19-20H,2,5-6,8,10-13H2,1H3. The Labute approximate surface area is 127 Å². The van der Waals surface area contributed by atoms with E-state index in [4.69, 9.17) is 4.42 Å². The van der Waals surface area contributed by atoms with E-state index in [1.807, 2.05) is 6.07 Å². The molecule has 1 aliphatic rings. The highest BCUT2D eigenvalue weighted by molar-refractivity contribution is 5.82. The lowest BCUT2D eigenvalue weighted by molar-refractivity contribution is 0.511. The van der Waals surface area contributed by atoms with Crippen molar-refractivity contribution in [2.45, 2.75) is 51.6 Å². The van der Waals surface area contributed by atoms with Gasteiger partial charge in [-0.15, -0.1) is 0 Å². The molecule has 1 saturated carbocycles. The Bertz CT molecular complexity index is 572. The molecule has 0 aliphatic heterocycles. The Hall–Kier alpha value is -1.32. The molecule has 1 aliphatic carbocycles. The van der Waals surface area contributed by atoms with Gasteiger partial charge in [-0.25, -0.2) is 0 Å². The first-order chi connectivity index (χ1) is 10.4. The third-order valence-corrected chi connectivity index (χ3v) is 4.18. The van der Waals surface area contributed by atoms with E-state index >= 15 is 0 Å². The maximum absolute atomic E-state index is 6.03. The molecule has 1 aromatic carbocycles. The smallest absolute Gasteiger partial charge is 0.134 e. The number of hydrogen-bond donors (Lipinski definition) is 2. The molecule has 0 spiro atoms. The predicted octanol–water partition coefficient (Wildman–Crippen LogP) is 3.62. The van der Waals surface area contributed by atoms with Crippen molar-refractivity contribution < 1.29 is 4.42 Å². The number of para-hydroxylation sites is 1. The second-order valence-corrected chi connectivity index (χ2v) is 5.97. The summed E-state index contributed by atoms with van der Waals surface area (Å²) in [5.74, 6) is 1.12. The van der Waals surface area contributed by atoms with Crippen molar-refractivity contribution in [1.29, 1.82) is 0 Å². The van der Waals surface area contributed by atoms with Crippen LogP contribution in [-0.4, -0.2) is 19.1 Å². The molecule has 0 bridgehead atoms. The Kier molecular flexibility index (Phi) is 4.94. The van der Waals surface area contributed by atoms with Gasteiger partial charge in [0.15, 0.2) is 0 Å². The van der Waals surface area contributed by atoms with Crippen LogP contribution >= 0.6 is 0 Å². The van der Waals surface area contributed by atoms with Gasteiger partial charge in [-0.3, -0.25) is 0 Å². The van der Waals surface area contributed by atoms with Crippen LogP contribution < -0.4 is 10.6 Å². The van der Waals surface area contributed by atoms with Crippen LogP contribution in [-0.2, 0) is 13.0 Å². The van der Waals surface area contributed by atoms with E-state index < -0.39 is 0 Å². The zero-order valence-corrected chi connectivity index (χ0v) is 13.0. The maximum atomic E-state index is 6.03. The van der Waals surface area contributed by atoms with Crippen LogP contribution in [0.25, 0.3) is 11.0 Å². The zero-order chi connectivity index (χ0) is 14.5. The van der Waals surface area contributed by atoms with Gasteiger partial charge in [-0.05, 0) is 51.3 Å². The van der Waals surface area contributed by atoms with Gasteiger partial charge in [-0.1, -0.05) is 25.1 Å². The highest BCUT2D eigenvalue weighted by Gasteiger charge is 2.19. The number of nitrogens with one attached hydrogen (secondary N) is 2. The van der Waals surface area contributed by atoms with Crippen molar-refractivity contribution in [2.24, 2.45) is 0 Å². The van der Waals surface area contributed by atoms with Crippen LogP contribution in [0.4, 0.5) is 0 Å². The van der Waals surface area contributed by atoms with E-state index in [1.165, 1.54) is 36.6 Å². The number of hydrogen-bond acceptors (Lipinski definition) is 3. The number of unbranched alkanes of at least 4 members (excludes halogenated alkanes) is 1. The van der Waals surface area contributed by atoms with Gasteiger partial charge in [-0.2, -0.15) is 0 Å². The largest absolute Gasteiger partial charge is 0.459 e. The second kappa shape index (κ2) is 7.10. The molecule has 0 unspecified atom stereocenters. The molecular weight excluding hydrogens is 260 g/mol. The molecule has 1 fully saturated rings. The van der Waals surface area contributed by atoms with Crippen molar-refractivity contribution in [3.8, 4) is 0 Å². The van der Waals surface area contributed by atoms with E-state index in [2.05, 4.69) is 35.8 Å². The Morgan fingerprint density at radius 3 is 2.86 bits per heavy atom. The lowest BCUT2D eigenvalue weighted by Gasteiger charge is -2.05. The molecule has 114 valence electrons. The van der Waals surface area contributed by atoms with Crippen molar-refractivity contribution in [2.75, 3.05) is 13.1 Å². The molecular formula is C18H26N2O. The van der Waals surface area contributed by atoms with Gasteiger partial charge >= 0.3 is 0 Å². The monoisotopic (exact) mass is 286 g/mol. The average Bonchev–Trinajstić information content (AvgIpc) is 3.26. The van der Waals surface area contributed by atoms with Gasteiger partial charge < -0.3 is 15.1 Å². The molecule has 1 aromatic heterocycles. The molecule has 0 saturated heterocycles. The maximum Gasteiger partial charge on any atom is 0.134 e. The average molecular weight is 286 g/mol. The molecule has 1 heterocycles. The van der Waals surface area contributed by atoms with E-state index in [9.17, 15) is 0 Å². The van der Waals surface area contributed by atoms with E-state index in [0.717, 1.165) is 43.4 Å². The fourth-order valence-electron chi connectivity index (χ4n) is 2.83. The highest BCUT2D eigenvalue weighted by atomic mass is 16.3. The SMILES string of the molecule is CCNCc1oc2ccccc2c1CCCCNC1CC1.